The summed E-state index contributed by atoms with van der Waals surface area (Å²) < 4.78 is 0. The Balaban J connectivity index is 2.46. The van der Waals surface area contributed by atoms with E-state index < -0.39 is 0 Å². The third-order valence-electron chi connectivity index (χ3n) is 2.98. The Morgan fingerprint density at radius 2 is 1.89 bits per heavy atom. The minimum Gasteiger partial charge on any atom is -0.507 e. The van der Waals surface area contributed by atoms with Gasteiger partial charge in [-0.25, -0.2) is 0 Å². The van der Waals surface area contributed by atoms with Crippen LogP contribution in [0.1, 0.15) is 26.3 Å². The van der Waals surface area contributed by atoms with Crippen LogP contribution in [0, 0.1) is 5.92 Å². The van der Waals surface area contributed by atoms with Gasteiger partial charge in [0.2, 0.25) is 0 Å². The smallest absolute Gasteiger partial charge is 0.132 e. The zero-order chi connectivity index (χ0) is 13.1. The van der Waals surface area contributed by atoms with Gasteiger partial charge >= 0.3 is 0 Å². The van der Waals surface area contributed by atoms with Crippen molar-refractivity contribution in [2.24, 2.45) is 10.9 Å². The molecule has 2 aromatic rings. The molecular weight excluding hydrogens is 222 g/mol. The fourth-order valence-electron chi connectivity index (χ4n) is 1.95. The minimum absolute atomic E-state index is 0.332. The third-order valence-corrected chi connectivity index (χ3v) is 2.98. The molecule has 2 nitrogen and oxygen atoms in total. The average Bonchev–Trinajstić information content (AvgIpc) is 2.37. The molecule has 0 atom stereocenters. The van der Waals surface area contributed by atoms with Gasteiger partial charge in [0, 0.05) is 23.2 Å². The van der Waals surface area contributed by atoms with Crippen molar-refractivity contribution in [3.63, 3.8) is 0 Å². The van der Waals surface area contributed by atoms with Crippen molar-refractivity contribution in [3.8, 4) is 5.75 Å². The van der Waals surface area contributed by atoms with Gasteiger partial charge in [-0.1, -0.05) is 44.2 Å². The highest BCUT2D eigenvalue weighted by atomic mass is 16.3. The first kappa shape index (κ1) is 12.6. The van der Waals surface area contributed by atoms with Gasteiger partial charge in [-0.15, -0.1) is 0 Å². The van der Waals surface area contributed by atoms with Crippen molar-refractivity contribution in [2.45, 2.75) is 20.8 Å². The van der Waals surface area contributed by atoms with E-state index >= 15 is 0 Å². The molecule has 2 aromatic carbocycles. The highest BCUT2D eigenvalue weighted by Crippen LogP contribution is 2.28. The first-order valence-electron chi connectivity index (χ1n) is 6.31. The second-order valence-corrected chi connectivity index (χ2v) is 5.00. The molecule has 0 fully saturated rings. The van der Waals surface area contributed by atoms with Crippen LogP contribution in [0.4, 0.5) is 0 Å². The van der Waals surface area contributed by atoms with E-state index in [1.54, 1.807) is 0 Å². The van der Waals surface area contributed by atoms with Crippen LogP contribution in [0.15, 0.2) is 41.4 Å². The molecule has 0 spiro atoms. The van der Waals surface area contributed by atoms with Crippen LogP contribution < -0.4 is 0 Å². The molecule has 2 rings (SSSR count). The van der Waals surface area contributed by atoms with E-state index in [-0.39, 0.29) is 0 Å². The zero-order valence-electron chi connectivity index (χ0n) is 11.1. The molecule has 18 heavy (non-hydrogen) atoms. The summed E-state index contributed by atoms with van der Waals surface area (Å²) in [6.45, 7) is 7.01. The lowest BCUT2D eigenvalue weighted by atomic mass is 10.0. The van der Waals surface area contributed by atoms with Crippen molar-refractivity contribution >= 4 is 16.5 Å². The second kappa shape index (κ2) is 5.21. The first-order valence-corrected chi connectivity index (χ1v) is 6.31. The van der Waals surface area contributed by atoms with Crippen molar-refractivity contribution in [1.82, 2.24) is 0 Å². The van der Waals surface area contributed by atoms with Gasteiger partial charge in [0.25, 0.3) is 0 Å². The average molecular weight is 241 g/mol. The fourth-order valence-corrected chi connectivity index (χ4v) is 1.95. The number of aliphatic imine (C=N–C) groups is 1. The molecule has 0 aromatic heterocycles. The maximum atomic E-state index is 10.3. The van der Waals surface area contributed by atoms with E-state index in [2.05, 4.69) is 18.8 Å². The van der Waals surface area contributed by atoms with E-state index in [0.29, 0.717) is 11.7 Å². The second-order valence-electron chi connectivity index (χ2n) is 5.00. The molecular formula is C16H19NO. The lowest BCUT2D eigenvalue weighted by Gasteiger charge is -2.08. The number of phenolic OH excluding ortho intramolecular Hbond substituents is 1. The van der Waals surface area contributed by atoms with Gasteiger partial charge < -0.3 is 5.11 Å². The molecule has 0 bridgehead atoms. The predicted octanol–water partition coefficient (Wildman–Crippen LogP) is 4.01. The lowest BCUT2D eigenvalue weighted by Crippen LogP contribution is -2.00. The van der Waals surface area contributed by atoms with E-state index in [4.69, 9.17) is 0 Å². The van der Waals surface area contributed by atoms with Gasteiger partial charge in [0.05, 0.1) is 0 Å². The number of benzene rings is 2. The van der Waals surface area contributed by atoms with Gasteiger partial charge in [-0.3, -0.25) is 4.99 Å². The van der Waals surface area contributed by atoms with E-state index in [0.717, 1.165) is 28.6 Å². The summed E-state index contributed by atoms with van der Waals surface area (Å²) in [6.07, 6.45) is 0. The van der Waals surface area contributed by atoms with E-state index in [1.807, 2.05) is 43.3 Å². The Hall–Kier alpha value is -1.83. The largest absolute Gasteiger partial charge is 0.507 e. The molecule has 0 radical (unpaired) electrons. The molecule has 0 saturated carbocycles. The van der Waals surface area contributed by atoms with Crippen LogP contribution >= 0.6 is 0 Å². The van der Waals surface area contributed by atoms with Crippen LogP contribution in [0.2, 0.25) is 0 Å². The first-order chi connectivity index (χ1) is 8.59. The summed E-state index contributed by atoms with van der Waals surface area (Å²) in [7, 11) is 0. The SMILES string of the molecule is CC(=NCC(C)C)c1ccc2ccccc2c1O. The number of fused-ring (bicyclic) bond motifs is 1. The number of hydrogen-bond acceptors (Lipinski definition) is 2. The monoisotopic (exact) mass is 241 g/mol. The van der Waals surface area contributed by atoms with Crippen molar-refractivity contribution in [2.75, 3.05) is 6.54 Å². The van der Waals surface area contributed by atoms with Crippen molar-refractivity contribution in [1.29, 1.82) is 0 Å². The normalized spacial score (nSPS) is 12.3. The standard InChI is InChI=1S/C16H19NO/c1-11(2)10-17-12(3)14-9-8-13-6-4-5-7-15(13)16(14)18/h4-9,11,18H,10H2,1-3H3. The van der Waals surface area contributed by atoms with E-state index in [1.165, 1.54) is 0 Å². The third kappa shape index (κ3) is 2.53. The predicted molar refractivity (Wildman–Crippen MR) is 77.5 cm³/mol. The summed E-state index contributed by atoms with van der Waals surface area (Å²) in [5, 5.41) is 12.2. The molecule has 0 aliphatic rings. The van der Waals surface area contributed by atoms with Gasteiger partial charge in [-0.2, -0.15) is 0 Å². The minimum atomic E-state index is 0.332. The van der Waals surface area contributed by atoms with Crippen LogP contribution in [0.25, 0.3) is 10.8 Å². The molecule has 94 valence electrons. The van der Waals surface area contributed by atoms with Crippen LogP contribution in [-0.4, -0.2) is 17.4 Å². The molecule has 0 heterocycles. The molecule has 0 amide bonds. The van der Waals surface area contributed by atoms with Crippen LogP contribution in [-0.2, 0) is 0 Å². The Morgan fingerprint density at radius 1 is 1.17 bits per heavy atom. The molecule has 0 saturated heterocycles. The zero-order valence-corrected chi connectivity index (χ0v) is 11.1. The Morgan fingerprint density at radius 3 is 2.61 bits per heavy atom. The molecule has 2 heteroatoms. The molecule has 0 aliphatic heterocycles. The molecule has 0 aliphatic carbocycles. The summed E-state index contributed by atoms with van der Waals surface area (Å²) in [4.78, 5) is 4.52. The summed E-state index contributed by atoms with van der Waals surface area (Å²) in [5.74, 6) is 0.862. The fraction of sp³-hybridized carbons (Fsp3) is 0.312. The molecule has 0 unspecified atom stereocenters. The number of phenols is 1. The van der Waals surface area contributed by atoms with Crippen LogP contribution in [0.3, 0.4) is 0 Å². The quantitative estimate of drug-likeness (QED) is 0.809. The van der Waals surface area contributed by atoms with Gasteiger partial charge in [0.1, 0.15) is 5.75 Å². The number of nitrogens with zero attached hydrogens (tertiary/aromatic N) is 1. The summed E-state index contributed by atoms with van der Waals surface area (Å²) in [5.41, 5.74) is 1.72. The highest BCUT2D eigenvalue weighted by Gasteiger charge is 2.08. The Bertz CT molecular complexity index is 585. The topological polar surface area (TPSA) is 32.6 Å². The number of hydrogen-bond donors (Lipinski definition) is 1. The Labute approximate surface area is 108 Å². The van der Waals surface area contributed by atoms with Crippen LogP contribution in [0.5, 0.6) is 5.75 Å². The number of aromatic hydroxyl groups is 1. The van der Waals surface area contributed by atoms with E-state index in [9.17, 15) is 5.11 Å². The van der Waals surface area contributed by atoms with Gasteiger partial charge in [0.15, 0.2) is 0 Å². The molecule has 1 N–H and O–H groups in total. The Kier molecular flexibility index (Phi) is 3.66. The van der Waals surface area contributed by atoms with Crippen molar-refractivity contribution in [3.05, 3.63) is 42.0 Å². The maximum absolute atomic E-state index is 10.3. The highest BCUT2D eigenvalue weighted by molar-refractivity contribution is 6.06. The van der Waals surface area contributed by atoms with Gasteiger partial charge in [-0.05, 0) is 24.3 Å². The summed E-state index contributed by atoms with van der Waals surface area (Å²) in [6, 6.07) is 11.8. The lowest BCUT2D eigenvalue weighted by molar-refractivity contribution is 0.480. The van der Waals surface area contributed by atoms with Crippen molar-refractivity contribution < 1.29 is 5.11 Å². The summed E-state index contributed by atoms with van der Waals surface area (Å²) >= 11 is 0. The maximum Gasteiger partial charge on any atom is 0.132 e. The number of rotatable bonds is 3.